The summed E-state index contributed by atoms with van der Waals surface area (Å²) in [7, 11) is 1.56. The van der Waals surface area contributed by atoms with Crippen LogP contribution in [0.3, 0.4) is 0 Å². The van der Waals surface area contributed by atoms with Crippen LogP contribution in [-0.2, 0) is 0 Å². The van der Waals surface area contributed by atoms with Gasteiger partial charge in [-0.15, -0.1) is 0 Å². The van der Waals surface area contributed by atoms with E-state index in [9.17, 15) is 23.5 Å². The first-order valence-electron chi connectivity index (χ1n) is 12.0. The maximum atomic E-state index is 14.2. The zero-order valence-corrected chi connectivity index (χ0v) is 20.9. The van der Waals surface area contributed by atoms with Gasteiger partial charge in [-0.25, -0.2) is 13.8 Å². The maximum absolute atomic E-state index is 14.2. The molecule has 2 aromatic carbocycles. The summed E-state index contributed by atoms with van der Waals surface area (Å²) in [5.74, 6) is -1.99. The zero-order chi connectivity index (χ0) is 26.7. The summed E-state index contributed by atoms with van der Waals surface area (Å²) >= 11 is 0. The first-order valence-corrected chi connectivity index (χ1v) is 12.0. The smallest absolute Gasteiger partial charge is 0.259 e. The van der Waals surface area contributed by atoms with Crippen molar-refractivity contribution < 1.29 is 28.2 Å². The van der Waals surface area contributed by atoms with E-state index in [1.54, 1.807) is 43.1 Å². The summed E-state index contributed by atoms with van der Waals surface area (Å²) in [6.45, 7) is 3.76. The first kappa shape index (κ1) is 26.2. The Hall–Kier alpha value is -3.85. The third-order valence-electron chi connectivity index (χ3n) is 6.60. The molecule has 37 heavy (non-hydrogen) atoms. The summed E-state index contributed by atoms with van der Waals surface area (Å²) in [6, 6.07) is 12.8. The third kappa shape index (κ3) is 5.61. The highest BCUT2D eigenvalue weighted by Gasteiger charge is 2.35. The fourth-order valence-corrected chi connectivity index (χ4v) is 4.31. The van der Waals surface area contributed by atoms with Gasteiger partial charge in [0.05, 0.1) is 24.8 Å². The maximum Gasteiger partial charge on any atom is 0.259 e. The number of hydrogen-bond donors (Lipinski definition) is 1. The van der Waals surface area contributed by atoms with Crippen LogP contribution in [0.4, 0.5) is 8.78 Å². The second-order valence-corrected chi connectivity index (χ2v) is 9.37. The Bertz CT molecular complexity index is 1280. The number of benzene rings is 2. The SMILES string of the molecule is C[C@@H]1CN([C@@H](C)CO)C(=O)c2cc(-c3ccc(F)cc3)cnc2O[C@@H]1CN(C)C(=O)c1ccccc1F. The first-order chi connectivity index (χ1) is 17.7. The van der Waals surface area contributed by atoms with Crippen molar-refractivity contribution in [2.45, 2.75) is 26.0 Å². The van der Waals surface area contributed by atoms with Gasteiger partial charge in [0.15, 0.2) is 0 Å². The molecule has 2 heterocycles. The summed E-state index contributed by atoms with van der Waals surface area (Å²) < 4.78 is 33.8. The number of aromatic nitrogens is 1. The van der Waals surface area contributed by atoms with E-state index in [2.05, 4.69) is 4.98 Å². The number of pyridine rings is 1. The summed E-state index contributed by atoms with van der Waals surface area (Å²) in [4.78, 5) is 33.9. The van der Waals surface area contributed by atoms with Crippen molar-refractivity contribution in [1.29, 1.82) is 0 Å². The standard InChI is InChI=1S/C28H29F2N3O4/c1-17-14-33(18(2)16-34)28(36)23-12-20(19-8-10-21(29)11-9-19)13-31-26(23)37-25(17)15-32(3)27(35)22-6-4-5-7-24(22)30/h4-13,17-18,25,34H,14-16H2,1-3H3/t17-,18+,25-/m1/s1. The highest BCUT2D eigenvalue weighted by molar-refractivity contribution is 5.98. The van der Waals surface area contributed by atoms with Crippen molar-refractivity contribution >= 4 is 11.8 Å². The van der Waals surface area contributed by atoms with Crippen molar-refractivity contribution in [2.24, 2.45) is 5.92 Å². The van der Waals surface area contributed by atoms with Crippen molar-refractivity contribution in [2.75, 3.05) is 26.7 Å². The van der Waals surface area contributed by atoms with Crippen molar-refractivity contribution in [3.8, 4) is 17.0 Å². The molecule has 0 bridgehead atoms. The fraction of sp³-hybridized carbons (Fsp3) is 0.321. The largest absolute Gasteiger partial charge is 0.472 e. The molecular formula is C28H29F2N3O4. The molecule has 194 valence electrons. The van der Waals surface area contributed by atoms with Gasteiger partial charge in [-0.05, 0) is 42.8 Å². The van der Waals surface area contributed by atoms with Crippen LogP contribution in [0.1, 0.15) is 34.6 Å². The Kier molecular flexibility index (Phi) is 7.83. The minimum atomic E-state index is -0.611. The quantitative estimate of drug-likeness (QED) is 0.543. The number of rotatable bonds is 6. The third-order valence-corrected chi connectivity index (χ3v) is 6.60. The molecule has 0 unspecified atom stereocenters. The molecule has 7 nitrogen and oxygen atoms in total. The molecule has 3 atom stereocenters. The van der Waals surface area contributed by atoms with E-state index in [1.165, 1.54) is 41.4 Å². The molecule has 1 aliphatic heterocycles. The molecule has 1 aliphatic rings. The predicted molar refractivity (Wildman–Crippen MR) is 134 cm³/mol. The number of ether oxygens (including phenoxy) is 1. The average Bonchev–Trinajstić information content (AvgIpc) is 2.90. The van der Waals surface area contributed by atoms with Gasteiger partial charge in [-0.3, -0.25) is 9.59 Å². The molecule has 0 spiro atoms. The van der Waals surface area contributed by atoms with Crippen molar-refractivity contribution in [3.05, 3.63) is 83.6 Å². The van der Waals surface area contributed by atoms with Crippen LogP contribution in [0.5, 0.6) is 5.88 Å². The molecule has 0 aliphatic carbocycles. The van der Waals surface area contributed by atoms with Crippen LogP contribution < -0.4 is 4.74 Å². The van der Waals surface area contributed by atoms with Crippen molar-refractivity contribution in [1.82, 2.24) is 14.8 Å². The fourth-order valence-electron chi connectivity index (χ4n) is 4.31. The number of carbonyl (C=O) groups excluding carboxylic acids is 2. The molecule has 0 fully saturated rings. The molecular weight excluding hydrogens is 480 g/mol. The van der Waals surface area contributed by atoms with Gasteiger partial charge >= 0.3 is 0 Å². The number of nitrogens with zero attached hydrogens (tertiary/aromatic N) is 3. The van der Waals surface area contributed by atoms with E-state index < -0.39 is 23.9 Å². The Morgan fingerprint density at radius 3 is 2.57 bits per heavy atom. The van der Waals surface area contributed by atoms with Crippen LogP contribution in [0.2, 0.25) is 0 Å². The minimum absolute atomic E-state index is 0.0448. The van der Waals surface area contributed by atoms with E-state index in [-0.39, 0.29) is 54.3 Å². The number of aliphatic hydroxyl groups is 1. The number of aliphatic hydroxyl groups excluding tert-OH is 1. The van der Waals surface area contributed by atoms with Gasteiger partial charge in [0.25, 0.3) is 11.8 Å². The van der Waals surface area contributed by atoms with Gasteiger partial charge in [-0.2, -0.15) is 0 Å². The lowest BCUT2D eigenvalue weighted by Crippen LogP contribution is -2.50. The topological polar surface area (TPSA) is 83.0 Å². The molecule has 0 saturated carbocycles. The highest BCUT2D eigenvalue weighted by Crippen LogP contribution is 2.30. The van der Waals surface area contributed by atoms with E-state index in [0.717, 1.165) is 0 Å². The number of likely N-dealkylation sites (N-methyl/N-ethyl adjacent to an activating group) is 1. The van der Waals surface area contributed by atoms with Crippen LogP contribution in [0.15, 0.2) is 60.8 Å². The summed E-state index contributed by atoms with van der Waals surface area (Å²) in [5.41, 5.74) is 1.43. The van der Waals surface area contributed by atoms with Gasteiger partial charge in [0, 0.05) is 31.3 Å². The van der Waals surface area contributed by atoms with Gasteiger partial charge in [0.1, 0.15) is 23.3 Å². The Balaban J connectivity index is 1.68. The van der Waals surface area contributed by atoms with E-state index >= 15 is 0 Å². The monoisotopic (exact) mass is 509 g/mol. The molecule has 0 saturated heterocycles. The van der Waals surface area contributed by atoms with Gasteiger partial charge in [-0.1, -0.05) is 31.2 Å². The highest BCUT2D eigenvalue weighted by atomic mass is 19.1. The molecule has 2 amide bonds. The number of halogens is 2. The predicted octanol–water partition coefficient (Wildman–Crippen LogP) is 4.02. The zero-order valence-electron chi connectivity index (χ0n) is 20.9. The molecule has 1 aromatic heterocycles. The lowest BCUT2D eigenvalue weighted by atomic mass is 9.99. The molecule has 1 N–H and O–H groups in total. The summed E-state index contributed by atoms with van der Waals surface area (Å²) in [6.07, 6.45) is 0.960. The Labute approximate surface area is 214 Å². The number of fused-ring (bicyclic) bond motifs is 1. The average molecular weight is 510 g/mol. The summed E-state index contributed by atoms with van der Waals surface area (Å²) in [5, 5.41) is 9.83. The molecule has 4 rings (SSSR count). The van der Waals surface area contributed by atoms with Crippen LogP contribution in [-0.4, -0.2) is 70.6 Å². The van der Waals surface area contributed by atoms with E-state index in [1.807, 2.05) is 6.92 Å². The number of hydrogen-bond acceptors (Lipinski definition) is 5. The lowest BCUT2D eigenvalue weighted by Gasteiger charge is -2.37. The molecule has 0 radical (unpaired) electrons. The Morgan fingerprint density at radius 2 is 1.89 bits per heavy atom. The van der Waals surface area contributed by atoms with Gasteiger partial charge in [0.2, 0.25) is 5.88 Å². The number of carbonyl (C=O) groups is 2. The van der Waals surface area contributed by atoms with Gasteiger partial charge < -0.3 is 19.6 Å². The Morgan fingerprint density at radius 1 is 1.19 bits per heavy atom. The van der Waals surface area contributed by atoms with E-state index in [0.29, 0.717) is 11.1 Å². The molecule has 3 aromatic rings. The van der Waals surface area contributed by atoms with Crippen molar-refractivity contribution in [3.63, 3.8) is 0 Å². The lowest BCUT2D eigenvalue weighted by molar-refractivity contribution is 0.0312. The minimum Gasteiger partial charge on any atom is -0.472 e. The van der Waals surface area contributed by atoms with Crippen LogP contribution in [0, 0.1) is 17.6 Å². The molecule has 9 heteroatoms. The van der Waals surface area contributed by atoms with Crippen LogP contribution in [0.25, 0.3) is 11.1 Å². The second kappa shape index (κ2) is 11.0. The van der Waals surface area contributed by atoms with E-state index in [4.69, 9.17) is 4.74 Å². The van der Waals surface area contributed by atoms with Crippen LogP contribution >= 0.6 is 0 Å². The normalized spacial score (nSPS) is 18.3. The number of amides is 2. The second-order valence-electron chi connectivity index (χ2n) is 9.37.